The fourth-order valence-electron chi connectivity index (χ4n) is 6.99. The first kappa shape index (κ1) is 32.3. The van der Waals surface area contributed by atoms with Crippen LogP contribution < -0.4 is 25.6 Å². The summed E-state index contributed by atoms with van der Waals surface area (Å²) in [5, 5.41) is 2.40. The van der Waals surface area contributed by atoms with Crippen molar-refractivity contribution >= 4 is 29.4 Å². The van der Waals surface area contributed by atoms with Gasteiger partial charge in [-0.3, -0.25) is 29.6 Å². The highest BCUT2D eigenvalue weighted by molar-refractivity contribution is 6.05. The Morgan fingerprint density at radius 2 is 1.55 bits per heavy atom. The van der Waals surface area contributed by atoms with E-state index in [0.717, 1.165) is 87.0 Å². The number of hydrogen-bond donors (Lipinski definition) is 2. The number of para-hydroxylation sites is 1. The first-order chi connectivity index (χ1) is 23.9. The van der Waals surface area contributed by atoms with Crippen molar-refractivity contribution in [2.75, 3.05) is 55.6 Å². The van der Waals surface area contributed by atoms with Gasteiger partial charge in [0.1, 0.15) is 17.3 Å². The molecule has 11 heteroatoms. The number of aromatic nitrogens is 1. The third-order valence-electron chi connectivity index (χ3n) is 9.65. The molecular formula is C38H41N7O4. The van der Waals surface area contributed by atoms with Crippen LogP contribution in [0.15, 0.2) is 91.0 Å². The standard InChI is InChI=1S/C38H41N7O4/c39-37(47)33-13-14-34(40-36(33)28-9-11-32(12-10-28)49-31-7-2-1-3-8-31)44-18-15-29(16-19-44)43-23-21-42(22-24-43)26-27-5-4-6-30(25-27)45-20-17-35(46)41-38(45)48/h1-14,25,29H,15-24,26H2,(H2,39,47)(H,41,46,48). The van der Waals surface area contributed by atoms with Gasteiger partial charge in [-0.25, -0.2) is 9.78 Å². The van der Waals surface area contributed by atoms with E-state index in [-0.39, 0.29) is 11.9 Å². The highest BCUT2D eigenvalue weighted by Gasteiger charge is 2.29. The number of carbonyl (C=O) groups excluding carboxylic acids is 3. The molecule has 0 saturated carbocycles. The number of pyridine rings is 1. The van der Waals surface area contributed by atoms with Crippen molar-refractivity contribution in [2.24, 2.45) is 5.73 Å². The Kier molecular flexibility index (Phi) is 9.54. The lowest BCUT2D eigenvalue weighted by Crippen LogP contribution is -2.53. The normalized spacial score (nSPS) is 18.0. The Bertz CT molecular complexity index is 1800. The van der Waals surface area contributed by atoms with Gasteiger partial charge in [0, 0.05) is 76.1 Å². The summed E-state index contributed by atoms with van der Waals surface area (Å²) >= 11 is 0. The first-order valence-electron chi connectivity index (χ1n) is 17.0. The second-order valence-corrected chi connectivity index (χ2v) is 12.8. The lowest BCUT2D eigenvalue weighted by molar-refractivity contribution is -0.120. The van der Waals surface area contributed by atoms with Crippen molar-refractivity contribution in [1.82, 2.24) is 20.1 Å². The minimum absolute atomic E-state index is 0.224. The van der Waals surface area contributed by atoms with E-state index >= 15 is 0 Å². The Labute approximate surface area is 286 Å². The molecule has 252 valence electrons. The molecule has 3 N–H and O–H groups in total. The molecule has 7 rings (SSSR count). The Balaban J connectivity index is 0.931. The molecule has 4 aromatic rings. The highest BCUT2D eigenvalue weighted by Crippen LogP contribution is 2.30. The van der Waals surface area contributed by atoms with E-state index < -0.39 is 5.91 Å². The van der Waals surface area contributed by atoms with Crippen LogP contribution in [-0.2, 0) is 11.3 Å². The van der Waals surface area contributed by atoms with Crippen LogP contribution in [0.5, 0.6) is 11.5 Å². The predicted octanol–water partition coefficient (Wildman–Crippen LogP) is 4.87. The quantitative estimate of drug-likeness (QED) is 0.261. The number of imide groups is 1. The van der Waals surface area contributed by atoms with Crippen LogP contribution in [0.1, 0.15) is 35.2 Å². The number of ether oxygens (including phenoxy) is 1. The van der Waals surface area contributed by atoms with Gasteiger partial charge < -0.3 is 15.4 Å². The zero-order valence-electron chi connectivity index (χ0n) is 27.5. The van der Waals surface area contributed by atoms with Gasteiger partial charge in [-0.1, -0.05) is 30.3 Å². The number of piperazine rings is 1. The molecule has 1 aromatic heterocycles. The van der Waals surface area contributed by atoms with Crippen LogP contribution in [0.2, 0.25) is 0 Å². The van der Waals surface area contributed by atoms with Crippen molar-refractivity contribution in [1.29, 1.82) is 0 Å². The molecule has 0 atom stereocenters. The van der Waals surface area contributed by atoms with Gasteiger partial charge in [0.15, 0.2) is 0 Å². The Hall–Kier alpha value is -5.26. The molecule has 11 nitrogen and oxygen atoms in total. The molecular weight excluding hydrogens is 618 g/mol. The number of hydrogen-bond acceptors (Lipinski definition) is 8. The summed E-state index contributed by atoms with van der Waals surface area (Å²) in [6.45, 7) is 7.00. The monoisotopic (exact) mass is 659 g/mol. The molecule has 49 heavy (non-hydrogen) atoms. The first-order valence-corrected chi connectivity index (χ1v) is 17.0. The average molecular weight is 660 g/mol. The molecule has 3 aliphatic heterocycles. The summed E-state index contributed by atoms with van der Waals surface area (Å²) in [6, 6.07) is 29.1. The summed E-state index contributed by atoms with van der Waals surface area (Å²) in [5.74, 6) is 1.58. The molecule has 4 heterocycles. The van der Waals surface area contributed by atoms with Crippen LogP contribution in [0, 0.1) is 0 Å². The molecule has 0 spiro atoms. The van der Waals surface area contributed by atoms with Crippen LogP contribution in [0.3, 0.4) is 0 Å². The highest BCUT2D eigenvalue weighted by atomic mass is 16.5. The van der Waals surface area contributed by atoms with E-state index in [1.807, 2.05) is 72.8 Å². The third kappa shape index (κ3) is 7.58. The molecule has 4 amide bonds. The lowest BCUT2D eigenvalue weighted by Gasteiger charge is -2.43. The Morgan fingerprint density at radius 3 is 2.27 bits per heavy atom. The van der Waals surface area contributed by atoms with Gasteiger partial charge in [0.2, 0.25) is 5.91 Å². The van der Waals surface area contributed by atoms with Crippen LogP contribution in [0.25, 0.3) is 11.3 Å². The maximum absolute atomic E-state index is 12.3. The second-order valence-electron chi connectivity index (χ2n) is 12.8. The van der Waals surface area contributed by atoms with Crippen molar-refractivity contribution in [3.8, 4) is 22.8 Å². The zero-order valence-corrected chi connectivity index (χ0v) is 27.5. The van der Waals surface area contributed by atoms with Gasteiger partial charge in [-0.15, -0.1) is 0 Å². The molecule has 0 aliphatic carbocycles. The van der Waals surface area contributed by atoms with Gasteiger partial charge in [-0.05, 0) is 79.1 Å². The number of carbonyl (C=O) groups is 3. The topological polar surface area (TPSA) is 124 Å². The summed E-state index contributed by atoms with van der Waals surface area (Å²) in [6.07, 6.45) is 2.40. The summed E-state index contributed by atoms with van der Waals surface area (Å²) in [7, 11) is 0. The number of piperidine rings is 1. The lowest BCUT2D eigenvalue weighted by atomic mass is 10.0. The summed E-state index contributed by atoms with van der Waals surface area (Å²) in [4.78, 5) is 50.2. The zero-order chi connectivity index (χ0) is 33.7. The van der Waals surface area contributed by atoms with Crippen molar-refractivity contribution < 1.29 is 19.1 Å². The summed E-state index contributed by atoms with van der Waals surface area (Å²) < 4.78 is 5.94. The maximum atomic E-state index is 12.3. The SMILES string of the molecule is NC(=O)c1ccc(N2CCC(N3CCN(Cc4cccc(N5CCC(=O)NC5=O)c4)CC3)CC2)nc1-c1ccc(Oc2ccccc2)cc1. The number of rotatable bonds is 9. The fourth-order valence-corrected chi connectivity index (χ4v) is 6.99. The van der Waals surface area contributed by atoms with Crippen LogP contribution in [-0.4, -0.2) is 84.5 Å². The summed E-state index contributed by atoms with van der Waals surface area (Å²) in [5.41, 5.74) is 9.53. The van der Waals surface area contributed by atoms with Gasteiger partial charge in [0.05, 0.1) is 11.3 Å². The molecule has 3 aliphatic rings. The van der Waals surface area contributed by atoms with E-state index in [4.69, 9.17) is 15.5 Å². The number of anilines is 2. The average Bonchev–Trinajstić information content (AvgIpc) is 3.13. The van der Waals surface area contributed by atoms with Gasteiger partial charge in [0.25, 0.3) is 5.91 Å². The predicted molar refractivity (Wildman–Crippen MR) is 189 cm³/mol. The van der Waals surface area contributed by atoms with E-state index in [9.17, 15) is 14.4 Å². The smallest absolute Gasteiger partial charge is 0.328 e. The van der Waals surface area contributed by atoms with Gasteiger partial charge >= 0.3 is 6.03 Å². The van der Waals surface area contributed by atoms with Crippen molar-refractivity contribution in [3.63, 3.8) is 0 Å². The van der Waals surface area contributed by atoms with Crippen LogP contribution in [0.4, 0.5) is 16.3 Å². The molecule has 3 fully saturated rings. The number of amides is 4. The molecule has 0 unspecified atom stereocenters. The number of primary amides is 1. The van der Waals surface area contributed by atoms with E-state index in [1.54, 1.807) is 11.0 Å². The number of nitrogens with zero attached hydrogens (tertiary/aromatic N) is 5. The Morgan fingerprint density at radius 1 is 0.816 bits per heavy atom. The largest absolute Gasteiger partial charge is 0.457 e. The minimum atomic E-state index is -0.503. The number of urea groups is 1. The fraction of sp³-hybridized carbons (Fsp3) is 0.316. The van der Waals surface area contributed by atoms with E-state index in [1.165, 1.54) is 0 Å². The van der Waals surface area contributed by atoms with E-state index in [2.05, 4.69) is 32.1 Å². The molecule has 0 bridgehead atoms. The number of nitrogens with two attached hydrogens (primary N) is 1. The molecule has 3 saturated heterocycles. The van der Waals surface area contributed by atoms with Crippen molar-refractivity contribution in [2.45, 2.75) is 31.8 Å². The number of nitrogens with one attached hydrogen (secondary N) is 1. The molecule has 3 aromatic carbocycles. The maximum Gasteiger partial charge on any atom is 0.328 e. The number of benzene rings is 3. The van der Waals surface area contributed by atoms with Crippen LogP contribution >= 0.6 is 0 Å². The molecule has 0 radical (unpaired) electrons. The van der Waals surface area contributed by atoms with E-state index in [0.29, 0.717) is 36.0 Å². The van der Waals surface area contributed by atoms with Crippen molar-refractivity contribution in [3.05, 3.63) is 102 Å². The second kappa shape index (κ2) is 14.5. The van der Waals surface area contributed by atoms with Gasteiger partial charge in [-0.2, -0.15) is 0 Å². The minimum Gasteiger partial charge on any atom is -0.457 e. The third-order valence-corrected chi connectivity index (χ3v) is 9.65.